The molecule has 30 heavy (non-hydrogen) atoms. The number of ether oxygens (including phenoxy) is 1. The van der Waals surface area contributed by atoms with E-state index < -0.39 is 0 Å². The first-order valence-electron chi connectivity index (χ1n) is 8.80. The predicted octanol–water partition coefficient (Wildman–Crippen LogP) is 5.13. The summed E-state index contributed by atoms with van der Waals surface area (Å²) in [4.78, 5) is 24.5. The van der Waals surface area contributed by atoms with Crippen molar-refractivity contribution in [2.45, 2.75) is 0 Å². The van der Waals surface area contributed by atoms with Gasteiger partial charge in [-0.1, -0.05) is 33.6 Å². The lowest BCUT2D eigenvalue weighted by molar-refractivity contribution is 0.0954. The van der Waals surface area contributed by atoms with Gasteiger partial charge < -0.3 is 10.1 Å². The number of nitrogens with one attached hydrogen (secondary N) is 2. The second kappa shape index (κ2) is 10.0. The van der Waals surface area contributed by atoms with Crippen molar-refractivity contribution in [1.82, 2.24) is 5.43 Å². The van der Waals surface area contributed by atoms with E-state index in [0.29, 0.717) is 33.1 Å². The van der Waals surface area contributed by atoms with E-state index in [2.05, 4.69) is 31.8 Å². The minimum atomic E-state index is -0.382. The number of amides is 2. The van der Waals surface area contributed by atoms with E-state index in [-0.39, 0.29) is 11.8 Å². The third kappa shape index (κ3) is 5.68. The number of hydrogen-bond acceptors (Lipinski definition) is 4. The molecular weight excluding hydrogens is 470 g/mol. The molecule has 152 valence electrons. The van der Waals surface area contributed by atoms with E-state index in [1.165, 1.54) is 6.21 Å². The van der Waals surface area contributed by atoms with Crippen LogP contribution in [0.1, 0.15) is 26.3 Å². The maximum Gasteiger partial charge on any atom is 0.271 e. The monoisotopic (exact) mass is 485 g/mol. The van der Waals surface area contributed by atoms with Crippen molar-refractivity contribution in [3.63, 3.8) is 0 Å². The molecule has 3 aromatic carbocycles. The molecule has 0 aliphatic carbocycles. The number of carbonyl (C=O) groups excluding carboxylic acids is 2. The van der Waals surface area contributed by atoms with Gasteiger partial charge in [0.25, 0.3) is 11.8 Å². The molecule has 0 saturated carbocycles. The van der Waals surface area contributed by atoms with Gasteiger partial charge in [0.2, 0.25) is 0 Å². The van der Waals surface area contributed by atoms with Crippen LogP contribution >= 0.6 is 27.5 Å². The molecule has 3 aromatic rings. The van der Waals surface area contributed by atoms with Gasteiger partial charge in [0.15, 0.2) is 0 Å². The Balaban J connectivity index is 1.61. The molecule has 0 unspecified atom stereocenters. The lowest BCUT2D eigenvalue weighted by Crippen LogP contribution is -2.18. The molecule has 0 aromatic heterocycles. The fourth-order valence-corrected chi connectivity index (χ4v) is 3.14. The Morgan fingerprint density at radius 1 is 1.00 bits per heavy atom. The summed E-state index contributed by atoms with van der Waals surface area (Å²) < 4.78 is 6.13. The number of hydrazone groups is 1. The molecular formula is C22H17BrClN3O3. The number of halogens is 2. The normalized spacial score (nSPS) is 10.6. The van der Waals surface area contributed by atoms with Crippen LogP contribution in [0.5, 0.6) is 5.75 Å². The van der Waals surface area contributed by atoms with Gasteiger partial charge in [-0.3, -0.25) is 9.59 Å². The quantitative estimate of drug-likeness (QED) is 0.374. The number of rotatable bonds is 6. The summed E-state index contributed by atoms with van der Waals surface area (Å²) in [6, 6.07) is 18.6. The van der Waals surface area contributed by atoms with E-state index >= 15 is 0 Å². The first-order chi connectivity index (χ1) is 14.5. The van der Waals surface area contributed by atoms with Crippen LogP contribution in [0.3, 0.4) is 0 Å². The van der Waals surface area contributed by atoms with Crippen molar-refractivity contribution in [2.24, 2.45) is 5.10 Å². The zero-order valence-electron chi connectivity index (χ0n) is 15.9. The van der Waals surface area contributed by atoms with Crippen LogP contribution in [0.15, 0.2) is 76.3 Å². The summed E-state index contributed by atoms with van der Waals surface area (Å²) in [6.07, 6.45) is 1.50. The van der Waals surface area contributed by atoms with Crippen LogP contribution in [-0.2, 0) is 0 Å². The van der Waals surface area contributed by atoms with Crippen molar-refractivity contribution in [1.29, 1.82) is 0 Å². The molecule has 0 spiro atoms. The van der Waals surface area contributed by atoms with Crippen LogP contribution in [0.4, 0.5) is 5.69 Å². The molecule has 2 N–H and O–H groups in total. The number of anilines is 1. The summed E-state index contributed by atoms with van der Waals surface area (Å²) in [6.45, 7) is 0. The highest BCUT2D eigenvalue weighted by Gasteiger charge is 2.08. The van der Waals surface area contributed by atoms with Gasteiger partial charge >= 0.3 is 0 Å². The van der Waals surface area contributed by atoms with Gasteiger partial charge in [-0.2, -0.15) is 5.10 Å². The summed E-state index contributed by atoms with van der Waals surface area (Å²) in [5.74, 6) is -0.0359. The van der Waals surface area contributed by atoms with Crippen molar-refractivity contribution in [2.75, 3.05) is 12.4 Å². The Morgan fingerprint density at radius 3 is 2.47 bits per heavy atom. The van der Waals surface area contributed by atoms with E-state index in [1.807, 2.05) is 12.1 Å². The van der Waals surface area contributed by atoms with Gasteiger partial charge in [0.1, 0.15) is 5.75 Å². The largest absolute Gasteiger partial charge is 0.496 e. The first kappa shape index (κ1) is 21.5. The van der Waals surface area contributed by atoms with Crippen molar-refractivity contribution in [3.8, 4) is 5.75 Å². The highest BCUT2D eigenvalue weighted by molar-refractivity contribution is 9.10. The lowest BCUT2D eigenvalue weighted by Gasteiger charge is -2.07. The van der Waals surface area contributed by atoms with Crippen LogP contribution in [0, 0.1) is 0 Å². The Bertz CT molecular complexity index is 1100. The van der Waals surface area contributed by atoms with Crippen LogP contribution < -0.4 is 15.5 Å². The van der Waals surface area contributed by atoms with Crippen LogP contribution in [0.25, 0.3) is 0 Å². The van der Waals surface area contributed by atoms with Gasteiger partial charge in [-0.15, -0.1) is 0 Å². The van der Waals surface area contributed by atoms with E-state index in [0.717, 1.165) is 4.47 Å². The van der Waals surface area contributed by atoms with Gasteiger partial charge in [0, 0.05) is 31.9 Å². The van der Waals surface area contributed by atoms with Crippen LogP contribution in [0.2, 0.25) is 5.02 Å². The lowest BCUT2D eigenvalue weighted by atomic mass is 10.1. The average molecular weight is 487 g/mol. The fraction of sp³-hybridized carbons (Fsp3) is 0.0455. The van der Waals surface area contributed by atoms with Gasteiger partial charge in [-0.25, -0.2) is 5.43 Å². The molecule has 0 aliphatic heterocycles. The zero-order valence-corrected chi connectivity index (χ0v) is 18.2. The van der Waals surface area contributed by atoms with E-state index in [4.69, 9.17) is 16.3 Å². The zero-order chi connectivity index (χ0) is 21.5. The maximum absolute atomic E-state index is 12.3. The summed E-state index contributed by atoms with van der Waals surface area (Å²) in [5, 5.41) is 7.22. The van der Waals surface area contributed by atoms with Crippen molar-refractivity contribution >= 4 is 51.2 Å². The van der Waals surface area contributed by atoms with Crippen molar-refractivity contribution < 1.29 is 14.3 Å². The molecule has 0 radical (unpaired) electrons. The molecule has 2 amide bonds. The molecule has 8 heteroatoms. The Kier molecular flexibility index (Phi) is 7.21. The molecule has 6 nitrogen and oxygen atoms in total. The van der Waals surface area contributed by atoms with Crippen LogP contribution in [-0.4, -0.2) is 25.1 Å². The highest BCUT2D eigenvalue weighted by atomic mass is 79.9. The number of methoxy groups -OCH3 is 1. The standard InChI is InChI=1S/C22H17BrClN3O3/c1-30-20-10-7-17(23)11-16(20)13-25-27-22(29)14-5-8-19(9-6-14)26-21(28)15-3-2-4-18(24)12-15/h2-13H,1H3,(H,26,28)(H,27,29). The van der Waals surface area contributed by atoms with Gasteiger partial charge in [-0.05, 0) is 60.7 Å². The van der Waals surface area contributed by atoms with E-state index in [9.17, 15) is 9.59 Å². The molecule has 0 atom stereocenters. The summed E-state index contributed by atoms with van der Waals surface area (Å²) >= 11 is 9.29. The molecule has 0 saturated heterocycles. The molecule has 0 fully saturated rings. The summed E-state index contributed by atoms with van der Waals surface area (Å²) in [7, 11) is 1.56. The highest BCUT2D eigenvalue weighted by Crippen LogP contribution is 2.21. The number of carbonyl (C=O) groups is 2. The minimum Gasteiger partial charge on any atom is -0.496 e. The third-order valence-corrected chi connectivity index (χ3v) is 4.78. The number of nitrogens with zero attached hydrogens (tertiary/aromatic N) is 1. The Hall–Kier alpha value is -3.16. The number of hydrogen-bond donors (Lipinski definition) is 2. The topological polar surface area (TPSA) is 79.8 Å². The molecule has 3 rings (SSSR count). The number of benzene rings is 3. The maximum atomic E-state index is 12.3. The van der Waals surface area contributed by atoms with Gasteiger partial charge in [0.05, 0.1) is 13.3 Å². The SMILES string of the molecule is COc1ccc(Br)cc1C=NNC(=O)c1ccc(NC(=O)c2cccc(Cl)c2)cc1. The smallest absolute Gasteiger partial charge is 0.271 e. The fourth-order valence-electron chi connectivity index (χ4n) is 2.57. The average Bonchev–Trinajstić information content (AvgIpc) is 2.74. The summed E-state index contributed by atoms with van der Waals surface area (Å²) in [5.41, 5.74) is 4.58. The van der Waals surface area contributed by atoms with E-state index in [1.54, 1.807) is 61.7 Å². The first-order valence-corrected chi connectivity index (χ1v) is 9.97. The second-order valence-electron chi connectivity index (χ2n) is 6.13. The molecule has 0 bridgehead atoms. The second-order valence-corrected chi connectivity index (χ2v) is 7.48. The molecule has 0 aliphatic rings. The Morgan fingerprint density at radius 2 is 1.77 bits per heavy atom. The molecule has 0 heterocycles. The minimum absolute atomic E-state index is 0.290. The predicted molar refractivity (Wildman–Crippen MR) is 122 cm³/mol. The Labute approximate surface area is 187 Å². The van der Waals surface area contributed by atoms with Crippen molar-refractivity contribution in [3.05, 3.63) is 92.9 Å². The third-order valence-electron chi connectivity index (χ3n) is 4.05.